The Bertz CT molecular complexity index is 486. The van der Waals surface area contributed by atoms with E-state index in [1.165, 1.54) is 17.8 Å². The molecule has 2 rings (SSSR count). The molecule has 0 bridgehead atoms. The minimum absolute atomic E-state index is 0.00548. The maximum Gasteiger partial charge on any atom is 0.360 e. The van der Waals surface area contributed by atoms with Crippen molar-refractivity contribution in [2.45, 2.75) is 38.7 Å². The molecule has 7 heteroatoms. The van der Waals surface area contributed by atoms with Gasteiger partial charge in [0.05, 0.1) is 0 Å². The van der Waals surface area contributed by atoms with Gasteiger partial charge in [0.1, 0.15) is 11.8 Å². The van der Waals surface area contributed by atoms with Crippen LogP contribution in [0.3, 0.4) is 0 Å². The molecule has 1 aliphatic carbocycles. The molecule has 0 aromatic carbocycles. The summed E-state index contributed by atoms with van der Waals surface area (Å²) in [5, 5.41) is 14.8. The van der Waals surface area contributed by atoms with Gasteiger partial charge in [-0.3, -0.25) is 0 Å². The van der Waals surface area contributed by atoms with Gasteiger partial charge in [-0.25, -0.2) is 9.78 Å². The van der Waals surface area contributed by atoms with E-state index in [4.69, 9.17) is 15.7 Å². The molecule has 2 atom stereocenters. The van der Waals surface area contributed by atoms with E-state index in [0.717, 1.165) is 19.3 Å². The smallest absolute Gasteiger partial charge is 0.360 e. The van der Waals surface area contributed by atoms with Gasteiger partial charge in [-0.1, -0.05) is 18.5 Å². The Hall–Kier alpha value is -1.63. The fourth-order valence-electron chi connectivity index (χ4n) is 2.19. The summed E-state index contributed by atoms with van der Waals surface area (Å²) in [4.78, 5) is 20.4. The van der Waals surface area contributed by atoms with Crippen LogP contribution in [-0.4, -0.2) is 27.9 Å². The summed E-state index contributed by atoms with van der Waals surface area (Å²) in [5.74, 6) is -0.564. The largest absolute Gasteiger partial charge is 0.476 e. The number of hydrogen-bond acceptors (Lipinski definition) is 6. The van der Waals surface area contributed by atoms with E-state index in [1.54, 1.807) is 5.38 Å². The average molecular weight is 283 g/mol. The zero-order valence-electron chi connectivity index (χ0n) is 10.7. The zero-order valence-corrected chi connectivity index (χ0v) is 11.5. The molecule has 0 saturated heterocycles. The Balaban J connectivity index is 2.07. The van der Waals surface area contributed by atoms with Crippen molar-refractivity contribution >= 4 is 28.1 Å². The first-order chi connectivity index (χ1) is 9.06. The lowest BCUT2D eigenvalue weighted by Gasteiger charge is -2.24. The number of nitrogens with two attached hydrogens (primary N) is 1. The Kier molecular flexibility index (Phi) is 4.36. The standard InChI is InChI=1S/C12H17N3O3S/c1-7-3-2-4-8(5-7)18-15-10(11(16)17)9-6-19-12(13)14-9/h6-8H,2-5H2,1H3,(H2,13,14)(H,16,17)/t7-,8+/m1/s1. The summed E-state index contributed by atoms with van der Waals surface area (Å²) in [6.45, 7) is 2.17. The molecule has 0 aliphatic heterocycles. The van der Waals surface area contributed by atoms with Crippen molar-refractivity contribution in [3.8, 4) is 0 Å². The third-order valence-corrected chi connectivity index (χ3v) is 3.82. The third kappa shape index (κ3) is 3.66. The van der Waals surface area contributed by atoms with Crippen LogP contribution in [0.2, 0.25) is 0 Å². The van der Waals surface area contributed by atoms with Gasteiger partial charge in [0.15, 0.2) is 5.13 Å². The number of thiazole rings is 1. The average Bonchev–Trinajstić information content (AvgIpc) is 2.76. The van der Waals surface area contributed by atoms with Crippen molar-refractivity contribution in [3.05, 3.63) is 11.1 Å². The third-order valence-electron chi connectivity index (χ3n) is 3.15. The van der Waals surface area contributed by atoms with Crippen LogP contribution < -0.4 is 5.73 Å². The molecular weight excluding hydrogens is 266 g/mol. The monoisotopic (exact) mass is 283 g/mol. The zero-order chi connectivity index (χ0) is 13.8. The second-order valence-electron chi connectivity index (χ2n) is 4.82. The molecule has 0 radical (unpaired) electrons. The quantitative estimate of drug-likeness (QED) is 0.651. The molecule has 104 valence electrons. The summed E-state index contributed by atoms with van der Waals surface area (Å²) in [5.41, 5.74) is 5.55. The number of nitrogens with zero attached hydrogens (tertiary/aromatic N) is 2. The van der Waals surface area contributed by atoms with Gasteiger partial charge < -0.3 is 15.7 Å². The van der Waals surface area contributed by atoms with E-state index in [-0.39, 0.29) is 17.5 Å². The maximum atomic E-state index is 11.2. The van der Waals surface area contributed by atoms with Crippen LogP contribution in [0.25, 0.3) is 0 Å². The van der Waals surface area contributed by atoms with E-state index >= 15 is 0 Å². The highest BCUT2D eigenvalue weighted by molar-refractivity contribution is 7.13. The number of hydrogen-bond donors (Lipinski definition) is 2. The Morgan fingerprint density at radius 1 is 1.63 bits per heavy atom. The second-order valence-corrected chi connectivity index (χ2v) is 5.70. The molecule has 0 unspecified atom stereocenters. The van der Waals surface area contributed by atoms with Crippen molar-refractivity contribution in [3.63, 3.8) is 0 Å². The Morgan fingerprint density at radius 2 is 2.42 bits per heavy atom. The lowest BCUT2D eigenvalue weighted by atomic mass is 9.89. The van der Waals surface area contributed by atoms with Crippen molar-refractivity contribution in [1.82, 2.24) is 4.98 Å². The number of anilines is 1. The van der Waals surface area contributed by atoms with Crippen molar-refractivity contribution < 1.29 is 14.7 Å². The molecular formula is C12H17N3O3S. The van der Waals surface area contributed by atoms with Gasteiger partial charge >= 0.3 is 5.97 Å². The van der Waals surface area contributed by atoms with Gasteiger partial charge in [-0.05, 0) is 25.2 Å². The van der Waals surface area contributed by atoms with Gasteiger partial charge in [0.25, 0.3) is 0 Å². The summed E-state index contributed by atoms with van der Waals surface area (Å²) in [6, 6.07) is 0. The number of carboxylic acid groups (broad SMARTS) is 1. The number of aromatic nitrogens is 1. The number of carboxylic acids is 1. The predicted octanol–water partition coefficient (Wildman–Crippen LogP) is 2.11. The molecule has 1 aliphatic rings. The molecule has 19 heavy (non-hydrogen) atoms. The number of rotatable bonds is 4. The first kappa shape index (κ1) is 13.8. The van der Waals surface area contributed by atoms with Gasteiger partial charge in [0, 0.05) is 5.38 Å². The van der Waals surface area contributed by atoms with E-state index < -0.39 is 5.97 Å². The number of nitrogen functional groups attached to an aromatic ring is 1. The van der Waals surface area contributed by atoms with Crippen molar-refractivity contribution in [1.29, 1.82) is 0 Å². The van der Waals surface area contributed by atoms with Gasteiger partial charge in [-0.2, -0.15) is 0 Å². The van der Waals surface area contributed by atoms with Crippen molar-refractivity contribution in [2.75, 3.05) is 5.73 Å². The first-order valence-electron chi connectivity index (χ1n) is 6.24. The molecule has 3 N–H and O–H groups in total. The maximum absolute atomic E-state index is 11.2. The fourth-order valence-corrected chi connectivity index (χ4v) is 2.74. The molecule has 1 saturated carbocycles. The van der Waals surface area contributed by atoms with Gasteiger partial charge in [0.2, 0.25) is 5.71 Å². The van der Waals surface area contributed by atoms with Crippen LogP contribution in [-0.2, 0) is 9.63 Å². The topological polar surface area (TPSA) is 97.8 Å². The Labute approximate surface area is 115 Å². The van der Waals surface area contributed by atoms with E-state index in [0.29, 0.717) is 11.0 Å². The molecule has 0 spiro atoms. The minimum atomic E-state index is -1.16. The van der Waals surface area contributed by atoms with E-state index in [9.17, 15) is 4.79 Å². The fraction of sp³-hybridized carbons (Fsp3) is 0.583. The van der Waals surface area contributed by atoms with E-state index in [2.05, 4.69) is 17.1 Å². The van der Waals surface area contributed by atoms with Crippen LogP contribution in [0.1, 0.15) is 38.3 Å². The molecule has 6 nitrogen and oxygen atoms in total. The number of carbonyl (C=O) groups is 1. The Morgan fingerprint density at radius 3 is 3.00 bits per heavy atom. The summed E-state index contributed by atoms with van der Waals surface area (Å²) in [6.07, 6.45) is 4.11. The SMILES string of the molecule is C[C@@H]1CCC[C@H](ON=C(C(=O)O)c2csc(N)n2)C1. The highest BCUT2D eigenvalue weighted by atomic mass is 32.1. The van der Waals surface area contributed by atoms with Gasteiger partial charge in [-0.15, -0.1) is 11.3 Å². The summed E-state index contributed by atoms with van der Waals surface area (Å²) in [7, 11) is 0. The van der Waals surface area contributed by atoms with Crippen LogP contribution in [0.15, 0.2) is 10.5 Å². The van der Waals surface area contributed by atoms with Crippen LogP contribution in [0.4, 0.5) is 5.13 Å². The highest BCUT2D eigenvalue weighted by Crippen LogP contribution is 2.26. The highest BCUT2D eigenvalue weighted by Gasteiger charge is 2.22. The summed E-state index contributed by atoms with van der Waals surface area (Å²) < 4.78 is 0. The molecule has 1 fully saturated rings. The normalized spacial score (nSPS) is 24.2. The molecule has 1 heterocycles. The lowest BCUT2D eigenvalue weighted by molar-refractivity contribution is -0.129. The first-order valence-corrected chi connectivity index (χ1v) is 7.12. The molecule has 1 aromatic heterocycles. The minimum Gasteiger partial charge on any atom is -0.476 e. The van der Waals surface area contributed by atoms with Crippen LogP contribution in [0.5, 0.6) is 0 Å². The predicted molar refractivity (Wildman–Crippen MR) is 73.2 cm³/mol. The molecule has 1 aromatic rings. The lowest BCUT2D eigenvalue weighted by Crippen LogP contribution is -2.22. The summed E-state index contributed by atoms with van der Waals surface area (Å²) >= 11 is 1.18. The van der Waals surface area contributed by atoms with Crippen LogP contribution >= 0.6 is 11.3 Å². The van der Waals surface area contributed by atoms with Crippen molar-refractivity contribution in [2.24, 2.45) is 11.1 Å². The number of aliphatic carboxylic acids is 1. The second kappa shape index (κ2) is 6.01. The number of oxime groups is 1. The van der Waals surface area contributed by atoms with Crippen LogP contribution in [0, 0.1) is 5.92 Å². The molecule has 0 amide bonds. The van der Waals surface area contributed by atoms with E-state index in [1.807, 2.05) is 0 Å².